The molecule has 8 nitrogen and oxygen atoms in total. The number of benzene rings is 4. The first kappa shape index (κ1) is 64.8. The predicted octanol–water partition coefficient (Wildman–Crippen LogP) is 12.6. The highest BCUT2D eigenvalue weighted by atomic mass is 32.1. The van der Waals surface area contributed by atoms with Gasteiger partial charge in [-0.3, -0.25) is 0 Å². The molecule has 8 bridgehead atoms. The van der Waals surface area contributed by atoms with Crippen LogP contribution in [0.25, 0.3) is 0 Å². The summed E-state index contributed by atoms with van der Waals surface area (Å²) in [5.41, 5.74) is 15.9. The second-order valence-corrected chi connectivity index (χ2v) is 29.3. The average molecular weight is 1110 g/mol. The van der Waals surface area contributed by atoms with E-state index in [1.807, 2.05) is 0 Å². The minimum Gasteiger partial charge on any atom is -0.301 e. The monoisotopic (exact) mass is 1110 g/mol. The topological polar surface area (TPSA) is 25.9 Å². The van der Waals surface area contributed by atoms with E-state index in [0.29, 0.717) is 0 Å². The first-order chi connectivity index (χ1) is 35.1. The number of rotatable bonds is 0. The van der Waals surface area contributed by atoms with Crippen molar-refractivity contribution in [2.75, 3.05) is 109 Å². The van der Waals surface area contributed by atoms with Gasteiger partial charge in [0.1, 0.15) is 0 Å². The number of fused-ring (bicyclic) bond motifs is 8. The van der Waals surface area contributed by atoms with Gasteiger partial charge in [-0.05, 0) is 145 Å². The molecule has 0 fully saturated rings. The van der Waals surface area contributed by atoms with Gasteiger partial charge in [0.15, 0.2) is 0 Å². The molecule has 4 aromatic rings. The Morgan fingerprint density at radius 3 is 0.434 bits per heavy atom. The molecule has 0 saturated heterocycles. The van der Waals surface area contributed by atoms with Crippen molar-refractivity contribution in [1.82, 2.24) is 39.2 Å². The molecule has 0 amide bonds. The molecule has 0 aliphatic carbocycles. The summed E-state index contributed by atoms with van der Waals surface area (Å²) in [7, 11) is 18.0. The van der Waals surface area contributed by atoms with E-state index in [4.69, 9.17) is 50.5 Å². The quantitative estimate of drug-likeness (QED) is 0.129. The van der Waals surface area contributed by atoms with Crippen molar-refractivity contribution >= 4 is 50.5 Å². The van der Waals surface area contributed by atoms with Crippen LogP contribution in [0.3, 0.4) is 0 Å². The summed E-state index contributed by atoms with van der Waals surface area (Å²) in [6.45, 7) is 42.1. The Morgan fingerprint density at radius 2 is 0.342 bits per heavy atom. The Kier molecular flexibility index (Phi) is 23.1. The van der Waals surface area contributed by atoms with Crippen molar-refractivity contribution in [1.29, 1.82) is 0 Å². The lowest BCUT2D eigenvalue weighted by Gasteiger charge is -2.29. The van der Waals surface area contributed by atoms with E-state index in [9.17, 15) is 0 Å². The zero-order valence-electron chi connectivity index (χ0n) is 51.3. The van der Waals surface area contributed by atoms with Gasteiger partial charge < -0.3 is 39.2 Å². The first-order valence-electron chi connectivity index (χ1n) is 28.0. The summed E-state index contributed by atoms with van der Waals surface area (Å²) < 4.78 is 0. The number of thiol groups is 4. The van der Waals surface area contributed by atoms with Crippen molar-refractivity contribution in [3.8, 4) is 0 Å². The predicted molar refractivity (Wildman–Crippen MR) is 340 cm³/mol. The Labute approximate surface area is 487 Å². The van der Waals surface area contributed by atoms with E-state index in [2.05, 4.69) is 227 Å². The fourth-order valence-corrected chi connectivity index (χ4v) is 11.1. The normalized spacial score (nSPS) is 18.8. The van der Waals surface area contributed by atoms with Crippen LogP contribution in [0.15, 0.2) is 68.1 Å². The molecule has 1 aliphatic rings. The molecule has 0 atom stereocenters. The first-order valence-corrected chi connectivity index (χ1v) is 29.8. The van der Waals surface area contributed by atoms with Gasteiger partial charge in [-0.15, -0.1) is 50.5 Å². The summed E-state index contributed by atoms with van der Waals surface area (Å²) in [5, 5.41) is 0. The SMILES string of the molecule is CN1CCN(C)Cc2cc(C(C)(C)C)cc(c2S)CN(C)CCN(C)Cc2cc(C(C)(C)C)cc(c2S)CN(C)CCN(C)Cc2cc(C(C)(C)C)cc(c2S)CN(C)CCN(C)Cc2cc(C(C)(C)C)cc(c2S)C1. The van der Waals surface area contributed by atoms with Crippen LogP contribution in [0, 0.1) is 0 Å². The van der Waals surface area contributed by atoms with Crippen molar-refractivity contribution in [3.05, 3.63) is 115 Å². The lowest BCUT2D eigenvalue weighted by molar-refractivity contribution is 0.239. The second-order valence-electron chi connectivity index (χ2n) is 27.5. The molecule has 0 spiro atoms. The van der Waals surface area contributed by atoms with Crippen LogP contribution in [-0.2, 0) is 74.0 Å². The molecule has 76 heavy (non-hydrogen) atoms. The lowest BCUT2D eigenvalue weighted by atomic mass is 9.84. The zero-order chi connectivity index (χ0) is 56.8. The van der Waals surface area contributed by atoms with E-state index in [1.165, 1.54) is 66.8 Å². The average Bonchev–Trinajstić information content (AvgIpc) is 3.29. The molecule has 5 rings (SSSR count). The van der Waals surface area contributed by atoms with Gasteiger partial charge in [0.05, 0.1) is 0 Å². The Balaban J connectivity index is 1.47. The van der Waals surface area contributed by atoms with Crippen LogP contribution in [0.2, 0.25) is 0 Å². The van der Waals surface area contributed by atoms with Gasteiger partial charge in [0.25, 0.3) is 0 Å². The van der Waals surface area contributed by atoms with Crippen molar-refractivity contribution in [2.45, 2.75) is 177 Å². The van der Waals surface area contributed by atoms with E-state index in [-0.39, 0.29) is 21.7 Å². The minimum absolute atomic E-state index is 0.0162. The minimum atomic E-state index is 0.0162. The smallest absolute Gasteiger partial charge is 0.0242 e. The highest BCUT2D eigenvalue weighted by Crippen LogP contribution is 2.35. The van der Waals surface area contributed by atoms with Gasteiger partial charge in [0.2, 0.25) is 0 Å². The highest BCUT2D eigenvalue weighted by molar-refractivity contribution is 7.81. The molecule has 0 aromatic heterocycles. The summed E-state index contributed by atoms with van der Waals surface area (Å²) in [6, 6.07) is 19.2. The number of likely N-dealkylation sites (N-methyl/N-ethyl adjacent to an activating group) is 8. The maximum Gasteiger partial charge on any atom is 0.0242 e. The summed E-state index contributed by atoms with van der Waals surface area (Å²) >= 11 is 21.1. The second kappa shape index (κ2) is 27.2. The molecule has 1 aliphatic heterocycles. The fourth-order valence-electron chi connectivity index (χ4n) is 10.1. The Hall–Kier alpha value is -2.04. The Morgan fingerprint density at radius 1 is 0.237 bits per heavy atom. The number of nitrogens with zero attached hydrogens (tertiary/aromatic N) is 8. The van der Waals surface area contributed by atoms with Gasteiger partial charge in [-0.1, -0.05) is 132 Å². The standard InChI is InChI=1S/C64H104N8S4/c1-61(2,3)53-29-45-37-65(13)21-23-67(15)39-47-31-54(62(4,5)6)33-49(58(47)74)41-69(17)25-27-71(19)43-51-35-56(64(10,11)12)36-52(60(51)76)44-72(20)28-26-70(18)42-50-34-55(63(7,8)9)32-48(59(50)75)40-68(16)24-22-66(14)38-46(30-53)57(45)73/h29-36,73-76H,21-28,37-44H2,1-20H3. The van der Waals surface area contributed by atoms with Crippen LogP contribution in [0.5, 0.6) is 0 Å². The molecule has 12 heteroatoms. The van der Waals surface area contributed by atoms with Crippen LogP contribution < -0.4 is 0 Å². The molecular formula is C64H104N8S4. The Bertz CT molecular complexity index is 2070. The van der Waals surface area contributed by atoms with E-state index < -0.39 is 0 Å². The lowest BCUT2D eigenvalue weighted by Crippen LogP contribution is -2.32. The zero-order valence-corrected chi connectivity index (χ0v) is 54.9. The molecule has 0 radical (unpaired) electrons. The van der Waals surface area contributed by atoms with Gasteiger partial charge in [-0.25, -0.2) is 0 Å². The molecule has 4 aromatic carbocycles. The third-order valence-corrected chi connectivity index (χ3v) is 17.8. The van der Waals surface area contributed by atoms with Crippen molar-refractivity contribution in [3.63, 3.8) is 0 Å². The van der Waals surface area contributed by atoms with Crippen LogP contribution in [0.4, 0.5) is 0 Å². The third kappa shape index (κ3) is 19.0. The largest absolute Gasteiger partial charge is 0.301 e. The molecule has 0 N–H and O–H groups in total. The van der Waals surface area contributed by atoms with Crippen LogP contribution in [0.1, 0.15) is 150 Å². The molecular weight excluding hydrogens is 1010 g/mol. The molecule has 1 heterocycles. The van der Waals surface area contributed by atoms with Crippen molar-refractivity contribution < 1.29 is 0 Å². The molecule has 0 saturated carbocycles. The summed E-state index contributed by atoms with van der Waals surface area (Å²) in [5.74, 6) is 0. The van der Waals surface area contributed by atoms with Gasteiger partial charge in [-0.2, -0.15) is 0 Å². The third-order valence-electron chi connectivity index (χ3n) is 15.5. The maximum absolute atomic E-state index is 5.29. The van der Waals surface area contributed by atoms with Gasteiger partial charge in [0, 0.05) is 124 Å². The van der Waals surface area contributed by atoms with Crippen molar-refractivity contribution in [2.24, 2.45) is 0 Å². The highest BCUT2D eigenvalue weighted by Gasteiger charge is 2.25. The van der Waals surface area contributed by atoms with Crippen LogP contribution >= 0.6 is 50.5 Å². The summed E-state index contributed by atoms with van der Waals surface area (Å²) in [6.07, 6.45) is 0. The molecule has 0 unspecified atom stereocenters. The number of hydrogen-bond donors (Lipinski definition) is 4. The van der Waals surface area contributed by atoms with Gasteiger partial charge >= 0.3 is 0 Å². The summed E-state index contributed by atoms with van der Waals surface area (Å²) in [4.78, 5) is 24.1. The number of hydrogen-bond acceptors (Lipinski definition) is 12. The molecule has 424 valence electrons. The van der Waals surface area contributed by atoms with E-state index in [0.717, 1.165) is 124 Å². The van der Waals surface area contributed by atoms with E-state index >= 15 is 0 Å². The fraction of sp³-hybridized carbons (Fsp3) is 0.625. The van der Waals surface area contributed by atoms with E-state index in [1.54, 1.807) is 0 Å². The maximum atomic E-state index is 5.29. The van der Waals surface area contributed by atoms with Crippen LogP contribution in [-0.4, -0.2) is 148 Å².